The summed E-state index contributed by atoms with van der Waals surface area (Å²) in [6.07, 6.45) is 2.84. The van der Waals surface area contributed by atoms with Crippen molar-refractivity contribution in [2.45, 2.75) is 25.3 Å². The van der Waals surface area contributed by atoms with Crippen LogP contribution in [0.25, 0.3) is 0 Å². The molecule has 0 radical (unpaired) electrons. The first-order valence-electron chi connectivity index (χ1n) is 7.00. The van der Waals surface area contributed by atoms with Gasteiger partial charge in [0.05, 0.1) is 6.54 Å². The molecule has 106 valence electrons. The summed E-state index contributed by atoms with van der Waals surface area (Å²) < 4.78 is 0. The number of aliphatic carboxylic acids is 1. The zero-order valence-corrected chi connectivity index (χ0v) is 11.2. The Kier molecular flexibility index (Phi) is 3.44. The van der Waals surface area contributed by atoms with Gasteiger partial charge in [0.2, 0.25) is 5.91 Å². The number of carbonyl (C=O) groups is 2. The summed E-state index contributed by atoms with van der Waals surface area (Å²) in [5.74, 6) is -0.413. The van der Waals surface area contributed by atoms with E-state index in [1.807, 2.05) is 24.3 Å². The number of hydrogen-bond acceptors (Lipinski definition) is 3. The van der Waals surface area contributed by atoms with Crippen LogP contribution in [-0.2, 0) is 16.0 Å². The Bertz CT molecular complexity index is 540. The van der Waals surface area contributed by atoms with Crippen LogP contribution in [0, 0.1) is 5.92 Å². The Labute approximate surface area is 117 Å². The molecule has 0 bridgehead atoms. The second kappa shape index (κ2) is 5.25. The summed E-state index contributed by atoms with van der Waals surface area (Å²) in [4.78, 5) is 25.1. The summed E-state index contributed by atoms with van der Waals surface area (Å²) in [6, 6.07) is 6.63. The zero-order valence-electron chi connectivity index (χ0n) is 11.2. The minimum absolute atomic E-state index is 0.164. The fourth-order valence-corrected chi connectivity index (χ4v) is 2.68. The molecule has 1 saturated carbocycles. The van der Waals surface area contributed by atoms with E-state index < -0.39 is 12.0 Å². The van der Waals surface area contributed by atoms with E-state index in [0.29, 0.717) is 12.3 Å². The third kappa shape index (κ3) is 2.54. The summed E-state index contributed by atoms with van der Waals surface area (Å²) in [5.41, 5.74) is 1.66. The third-order valence-corrected chi connectivity index (χ3v) is 3.94. The van der Waals surface area contributed by atoms with E-state index in [4.69, 9.17) is 0 Å². The van der Waals surface area contributed by atoms with Crippen LogP contribution >= 0.6 is 0 Å². The van der Waals surface area contributed by atoms with Gasteiger partial charge in [0.25, 0.3) is 0 Å². The number of anilines is 1. The number of carbonyl (C=O) groups excluding carboxylic acids is 1. The number of nitrogens with one attached hydrogen (secondary N) is 1. The SMILES string of the molecule is O=C(O)C1Cc2ccccc2N1C(=O)CNCC1CC1. The van der Waals surface area contributed by atoms with E-state index in [1.165, 1.54) is 17.7 Å². The number of carboxylic acids is 1. The molecule has 0 spiro atoms. The minimum Gasteiger partial charge on any atom is -0.480 e. The molecule has 1 aliphatic carbocycles. The van der Waals surface area contributed by atoms with E-state index in [9.17, 15) is 14.7 Å². The summed E-state index contributed by atoms with van der Waals surface area (Å²) >= 11 is 0. The number of amides is 1. The third-order valence-electron chi connectivity index (χ3n) is 3.94. The lowest BCUT2D eigenvalue weighted by Gasteiger charge is -2.22. The van der Waals surface area contributed by atoms with Crippen LogP contribution < -0.4 is 10.2 Å². The Morgan fingerprint density at radius 2 is 2.05 bits per heavy atom. The highest BCUT2D eigenvalue weighted by Gasteiger charge is 2.37. The monoisotopic (exact) mass is 274 g/mol. The van der Waals surface area contributed by atoms with Crippen molar-refractivity contribution in [3.8, 4) is 0 Å². The first-order valence-corrected chi connectivity index (χ1v) is 7.00. The van der Waals surface area contributed by atoms with Crippen LogP contribution in [-0.4, -0.2) is 36.1 Å². The van der Waals surface area contributed by atoms with Gasteiger partial charge >= 0.3 is 5.97 Å². The average Bonchev–Trinajstić information content (AvgIpc) is 3.16. The topological polar surface area (TPSA) is 69.6 Å². The maximum Gasteiger partial charge on any atom is 0.327 e. The number of rotatable bonds is 5. The predicted molar refractivity (Wildman–Crippen MR) is 74.6 cm³/mol. The Morgan fingerprint density at radius 3 is 2.75 bits per heavy atom. The maximum absolute atomic E-state index is 12.3. The molecular weight excluding hydrogens is 256 g/mol. The zero-order chi connectivity index (χ0) is 14.1. The molecular formula is C15H18N2O3. The molecule has 5 heteroatoms. The van der Waals surface area contributed by atoms with Crippen LogP contribution in [0.5, 0.6) is 0 Å². The van der Waals surface area contributed by atoms with Gasteiger partial charge in [0, 0.05) is 12.1 Å². The van der Waals surface area contributed by atoms with E-state index in [-0.39, 0.29) is 12.5 Å². The normalized spacial score (nSPS) is 20.8. The number of benzene rings is 1. The molecule has 2 N–H and O–H groups in total. The van der Waals surface area contributed by atoms with Crippen LogP contribution in [0.3, 0.4) is 0 Å². The van der Waals surface area contributed by atoms with E-state index >= 15 is 0 Å². The average molecular weight is 274 g/mol. The number of para-hydroxylation sites is 1. The molecule has 1 aliphatic heterocycles. The Balaban J connectivity index is 1.73. The van der Waals surface area contributed by atoms with Gasteiger partial charge in [0.15, 0.2) is 0 Å². The molecule has 1 heterocycles. The molecule has 1 aromatic rings. The Hall–Kier alpha value is -1.88. The van der Waals surface area contributed by atoms with Gasteiger partial charge in [-0.05, 0) is 36.9 Å². The van der Waals surface area contributed by atoms with E-state index in [1.54, 1.807) is 0 Å². The van der Waals surface area contributed by atoms with Gasteiger partial charge in [-0.15, -0.1) is 0 Å². The molecule has 5 nitrogen and oxygen atoms in total. The number of nitrogens with zero attached hydrogens (tertiary/aromatic N) is 1. The lowest BCUT2D eigenvalue weighted by Crippen LogP contribution is -2.46. The number of fused-ring (bicyclic) bond motifs is 1. The lowest BCUT2D eigenvalue weighted by molar-refractivity contribution is -0.139. The first-order chi connectivity index (χ1) is 9.66. The molecule has 1 unspecified atom stereocenters. The molecule has 1 amide bonds. The fourth-order valence-electron chi connectivity index (χ4n) is 2.68. The van der Waals surface area contributed by atoms with Crippen LogP contribution in [0.1, 0.15) is 18.4 Å². The van der Waals surface area contributed by atoms with Gasteiger partial charge in [-0.2, -0.15) is 0 Å². The van der Waals surface area contributed by atoms with Crippen molar-refractivity contribution in [1.82, 2.24) is 5.32 Å². The quantitative estimate of drug-likeness (QED) is 0.841. The molecule has 1 aromatic carbocycles. The van der Waals surface area contributed by atoms with Crippen LogP contribution in [0.4, 0.5) is 5.69 Å². The second-order valence-corrected chi connectivity index (χ2v) is 5.52. The molecule has 0 aromatic heterocycles. The van der Waals surface area contributed by atoms with E-state index in [2.05, 4.69) is 5.32 Å². The van der Waals surface area contributed by atoms with Gasteiger partial charge in [0.1, 0.15) is 6.04 Å². The first kappa shape index (κ1) is 13.1. The second-order valence-electron chi connectivity index (χ2n) is 5.52. The highest BCUT2D eigenvalue weighted by atomic mass is 16.4. The van der Waals surface area contributed by atoms with Crippen molar-refractivity contribution in [3.63, 3.8) is 0 Å². The largest absolute Gasteiger partial charge is 0.480 e. The van der Waals surface area contributed by atoms with Crippen molar-refractivity contribution in [2.24, 2.45) is 5.92 Å². The van der Waals surface area contributed by atoms with Crippen molar-refractivity contribution < 1.29 is 14.7 Å². The van der Waals surface area contributed by atoms with Crippen molar-refractivity contribution in [2.75, 3.05) is 18.0 Å². The van der Waals surface area contributed by atoms with Gasteiger partial charge in [-0.3, -0.25) is 9.69 Å². The summed E-state index contributed by atoms with van der Waals surface area (Å²) in [7, 11) is 0. The standard InChI is InChI=1S/C15H18N2O3/c18-14(9-16-8-10-5-6-10)17-12-4-2-1-3-11(12)7-13(17)15(19)20/h1-4,10,13,16H,5-9H2,(H,19,20). The van der Waals surface area contributed by atoms with Gasteiger partial charge in [-0.25, -0.2) is 4.79 Å². The van der Waals surface area contributed by atoms with Gasteiger partial charge < -0.3 is 10.4 Å². The molecule has 2 aliphatic rings. The predicted octanol–water partition coefficient (Wildman–Crippen LogP) is 1.03. The van der Waals surface area contributed by atoms with Crippen LogP contribution in [0.15, 0.2) is 24.3 Å². The van der Waals surface area contributed by atoms with Crippen molar-refractivity contribution >= 4 is 17.6 Å². The molecule has 20 heavy (non-hydrogen) atoms. The highest BCUT2D eigenvalue weighted by molar-refractivity contribution is 6.02. The minimum atomic E-state index is -0.947. The lowest BCUT2D eigenvalue weighted by atomic mass is 10.1. The number of hydrogen-bond donors (Lipinski definition) is 2. The Morgan fingerprint density at radius 1 is 1.30 bits per heavy atom. The van der Waals surface area contributed by atoms with Crippen molar-refractivity contribution in [3.05, 3.63) is 29.8 Å². The smallest absolute Gasteiger partial charge is 0.327 e. The summed E-state index contributed by atoms with van der Waals surface area (Å²) in [6.45, 7) is 1.05. The molecule has 0 saturated heterocycles. The van der Waals surface area contributed by atoms with Crippen molar-refractivity contribution in [1.29, 1.82) is 0 Å². The maximum atomic E-state index is 12.3. The highest BCUT2D eigenvalue weighted by Crippen LogP contribution is 2.32. The van der Waals surface area contributed by atoms with E-state index in [0.717, 1.165) is 17.8 Å². The van der Waals surface area contributed by atoms with Crippen LogP contribution in [0.2, 0.25) is 0 Å². The summed E-state index contributed by atoms with van der Waals surface area (Å²) in [5, 5.41) is 12.4. The molecule has 1 atom stereocenters. The number of carboxylic acid groups (broad SMARTS) is 1. The van der Waals surface area contributed by atoms with Gasteiger partial charge in [-0.1, -0.05) is 18.2 Å². The molecule has 1 fully saturated rings. The fraction of sp³-hybridized carbons (Fsp3) is 0.467. The molecule has 3 rings (SSSR count).